The van der Waals surface area contributed by atoms with Gasteiger partial charge in [-0.3, -0.25) is 14.9 Å². The van der Waals surface area contributed by atoms with Crippen molar-refractivity contribution in [3.05, 3.63) is 40.6 Å². The summed E-state index contributed by atoms with van der Waals surface area (Å²) in [5, 5.41) is 11.7. The van der Waals surface area contributed by atoms with Gasteiger partial charge in [-0.25, -0.2) is 0 Å². The lowest BCUT2D eigenvalue weighted by Gasteiger charge is -2.06. The van der Waals surface area contributed by atoms with E-state index in [0.717, 1.165) is 49.6 Å². The summed E-state index contributed by atoms with van der Waals surface area (Å²) in [6, 6.07) is 6.93. The van der Waals surface area contributed by atoms with Gasteiger partial charge >= 0.3 is 5.97 Å². The van der Waals surface area contributed by atoms with Crippen LogP contribution in [0.1, 0.15) is 45.4 Å². The molecule has 1 heterocycles. The molecule has 0 radical (unpaired) electrons. The van der Waals surface area contributed by atoms with Crippen LogP contribution in [0.3, 0.4) is 0 Å². The molecule has 6 nitrogen and oxygen atoms in total. The van der Waals surface area contributed by atoms with Gasteiger partial charge in [-0.15, -0.1) is 0 Å². The number of nitro groups is 1. The largest absolute Gasteiger partial charge is 0.466 e. The number of nitro benzene ring substituents is 1. The molecule has 0 aliphatic rings. The molecule has 0 atom stereocenters. The van der Waals surface area contributed by atoms with Crippen molar-refractivity contribution in [1.29, 1.82) is 0 Å². The Bertz CT molecular complexity index is 693. The van der Waals surface area contributed by atoms with Crippen molar-refractivity contribution in [2.45, 2.75) is 52.0 Å². The van der Waals surface area contributed by atoms with E-state index in [2.05, 4.69) is 4.57 Å². The normalized spacial score (nSPS) is 10.9. The molecule has 0 aliphatic heterocycles. The minimum atomic E-state index is -0.363. The minimum absolute atomic E-state index is 0.133. The van der Waals surface area contributed by atoms with Crippen LogP contribution in [0.5, 0.6) is 0 Å². The van der Waals surface area contributed by atoms with E-state index in [-0.39, 0.29) is 16.6 Å². The quantitative estimate of drug-likeness (QED) is 0.279. The first-order chi connectivity index (χ1) is 11.6. The summed E-state index contributed by atoms with van der Waals surface area (Å²) >= 11 is 0. The fraction of sp³-hybridized carbons (Fsp3) is 0.500. The first-order valence-electron chi connectivity index (χ1n) is 8.44. The zero-order chi connectivity index (χ0) is 17.4. The van der Waals surface area contributed by atoms with Crippen LogP contribution in [-0.2, 0) is 16.1 Å². The number of nitrogens with zero attached hydrogens (tertiary/aromatic N) is 2. The second kappa shape index (κ2) is 9.05. The van der Waals surface area contributed by atoms with Crippen LogP contribution < -0.4 is 0 Å². The molecule has 0 saturated heterocycles. The van der Waals surface area contributed by atoms with E-state index >= 15 is 0 Å². The molecule has 24 heavy (non-hydrogen) atoms. The van der Waals surface area contributed by atoms with Crippen LogP contribution >= 0.6 is 0 Å². The Morgan fingerprint density at radius 3 is 2.54 bits per heavy atom. The molecule has 0 aliphatic carbocycles. The van der Waals surface area contributed by atoms with Gasteiger partial charge in [0.2, 0.25) is 0 Å². The highest BCUT2D eigenvalue weighted by Gasteiger charge is 2.08. The minimum Gasteiger partial charge on any atom is -0.466 e. The number of esters is 1. The molecular weight excluding hydrogens is 308 g/mol. The highest BCUT2D eigenvalue weighted by molar-refractivity contribution is 5.82. The monoisotopic (exact) mass is 332 g/mol. The number of unbranched alkanes of at least 4 members (excludes halogenated alkanes) is 5. The average molecular weight is 332 g/mol. The molecule has 6 heteroatoms. The molecule has 1 aromatic heterocycles. The molecule has 0 bridgehead atoms. The molecule has 1 aromatic carbocycles. The standard InChI is InChI=1S/C18H24N2O4/c1-15(21)24-13-7-5-3-2-4-6-11-19-12-10-16-14-17(20(22)23)8-9-18(16)19/h8-10,12,14H,2-7,11,13H2,1H3. The van der Waals surface area contributed by atoms with Crippen molar-refractivity contribution in [1.82, 2.24) is 4.57 Å². The van der Waals surface area contributed by atoms with Crippen LogP contribution in [0, 0.1) is 10.1 Å². The molecule has 0 spiro atoms. The number of hydrogen-bond donors (Lipinski definition) is 0. The highest BCUT2D eigenvalue weighted by Crippen LogP contribution is 2.22. The summed E-state index contributed by atoms with van der Waals surface area (Å²) in [5.41, 5.74) is 1.18. The number of carbonyl (C=O) groups is 1. The molecular formula is C18H24N2O4. The average Bonchev–Trinajstić information content (AvgIpc) is 2.95. The number of carbonyl (C=O) groups excluding carboxylic acids is 1. The van der Waals surface area contributed by atoms with E-state index in [1.165, 1.54) is 13.3 Å². The summed E-state index contributed by atoms with van der Waals surface area (Å²) in [6.07, 6.45) is 8.58. The maximum Gasteiger partial charge on any atom is 0.302 e. The Hall–Kier alpha value is -2.37. The van der Waals surface area contributed by atoms with E-state index in [1.807, 2.05) is 18.3 Å². The fourth-order valence-electron chi connectivity index (χ4n) is 2.80. The lowest BCUT2D eigenvalue weighted by molar-refractivity contribution is -0.384. The lowest BCUT2D eigenvalue weighted by Crippen LogP contribution is -2.00. The second-order valence-electron chi connectivity index (χ2n) is 5.97. The third-order valence-electron chi connectivity index (χ3n) is 4.06. The van der Waals surface area contributed by atoms with Gasteiger partial charge in [0, 0.05) is 42.7 Å². The van der Waals surface area contributed by atoms with E-state index in [1.54, 1.807) is 12.1 Å². The van der Waals surface area contributed by atoms with Gasteiger partial charge in [-0.1, -0.05) is 25.7 Å². The summed E-state index contributed by atoms with van der Waals surface area (Å²) in [5.74, 6) is -0.209. The lowest BCUT2D eigenvalue weighted by atomic mass is 10.1. The van der Waals surface area contributed by atoms with E-state index in [9.17, 15) is 14.9 Å². The van der Waals surface area contributed by atoms with Gasteiger partial charge < -0.3 is 9.30 Å². The van der Waals surface area contributed by atoms with Gasteiger partial charge in [0.15, 0.2) is 0 Å². The Kier molecular flexibility index (Phi) is 6.78. The van der Waals surface area contributed by atoms with Gasteiger partial charge in [0.25, 0.3) is 5.69 Å². The van der Waals surface area contributed by atoms with Crippen molar-refractivity contribution >= 4 is 22.6 Å². The van der Waals surface area contributed by atoms with Crippen molar-refractivity contribution in [3.63, 3.8) is 0 Å². The Balaban J connectivity index is 1.67. The molecule has 0 N–H and O–H groups in total. The number of benzene rings is 1. The number of ether oxygens (including phenoxy) is 1. The molecule has 0 fully saturated rings. The third kappa shape index (κ3) is 5.37. The first-order valence-corrected chi connectivity index (χ1v) is 8.44. The van der Waals surface area contributed by atoms with Crippen LogP contribution in [-0.4, -0.2) is 22.1 Å². The zero-order valence-electron chi connectivity index (χ0n) is 14.1. The second-order valence-corrected chi connectivity index (χ2v) is 5.97. The van der Waals surface area contributed by atoms with Crippen molar-refractivity contribution < 1.29 is 14.5 Å². The predicted molar refractivity (Wildman–Crippen MR) is 92.9 cm³/mol. The number of aryl methyl sites for hydroxylation is 1. The number of fused-ring (bicyclic) bond motifs is 1. The van der Waals surface area contributed by atoms with Gasteiger partial charge in [-0.2, -0.15) is 0 Å². The van der Waals surface area contributed by atoms with Crippen molar-refractivity contribution in [2.75, 3.05) is 6.61 Å². The number of non-ortho nitro benzene ring substituents is 1. The predicted octanol–water partition coefficient (Wildman–Crippen LogP) is 4.45. The van der Waals surface area contributed by atoms with Gasteiger partial charge in [0.1, 0.15) is 0 Å². The summed E-state index contributed by atoms with van der Waals surface area (Å²) in [4.78, 5) is 21.1. The molecule has 2 rings (SSSR count). The van der Waals surface area contributed by atoms with Crippen LogP contribution in [0.2, 0.25) is 0 Å². The molecule has 2 aromatic rings. The van der Waals surface area contributed by atoms with E-state index in [4.69, 9.17) is 4.74 Å². The summed E-state index contributed by atoms with van der Waals surface area (Å²) in [7, 11) is 0. The number of rotatable bonds is 10. The van der Waals surface area contributed by atoms with E-state index < -0.39 is 0 Å². The Morgan fingerprint density at radius 2 is 1.83 bits per heavy atom. The van der Waals surface area contributed by atoms with Crippen LogP contribution in [0.4, 0.5) is 5.69 Å². The Labute approximate surface area is 141 Å². The van der Waals surface area contributed by atoms with E-state index in [0.29, 0.717) is 6.61 Å². The third-order valence-corrected chi connectivity index (χ3v) is 4.06. The summed E-state index contributed by atoms with van der Waals surface area (Å²) < 4.78 is 7.05. The SMILES string of the molecule is CC(=O)OCCCCCCCCn1ccc2cc([N+](=O)[O-])ccc21. The Morgan fingerprint density at radius 1 is 1.12 bits per heavy atom. The van der Waals surface area contributed by atoms with Crippen LogP contribution in [0.25, 0.3) is 10.9 Å². The van der Waals surface area contributed by atoms with Gasteiger partial charge in [-0.05, 0) is 25.0 Å². The fourth-order valence-corrected chi connectivity index (χ4v) is 2.80. The van der Waals surface area contributed by atoms with Crippen molar-refractivity contribution in [3.8, 4) is 0 Å². The molecule has 0 unspecified atom stereocenters. The highest BCUT2D eigenvalue weighted by atomic mass is 16.6. The zero-order valence-corrected chi connectivity index (χ0v) is 14.1. The summed E-state index contributed by atoms with van der Waals surface area (Å²) in [6.45, 7) is 2.88. The first kappa shape index (κ1) is 18.0. The molecule has 130 valence electrons. The molecule has 0 amide bonds. The maximum atomic E-state index is 10.8. The topological polar surface area (TPSA) is 74.4 Å². The number of aromatic nitrogens is 1. The molecule has 0 saturated carbocycles. The number of hydrogen-bond acceptors (Lipinski definition) is 4. The van der Waals surface area contributed by atoms with Crippen molar-refractivity contribution in [2.24, 2.45) is 0 Å². The van der Waals surface area contributed by atoms with Crippen LogP contribution in [0.15, 0.2) is 30.5 Å². The van der Waals surface area contributed by atoms with Gasteiger partial charge in [0.05, 0.1) is 11.5 Å². The smallest absolute Gasteiger partial charge is 0.302 e. The maximum absolute atomic E-state index is 10.8.